The molecule has 0 spiro atoms. The SMILES string of the molecule is CC/C=C\C/C=C\C/C=C\C/C=C\C/C=C\C/C=C\C/C=C\C/C=C\C/C=C\C/C=C\C/C=C\C/C=C\CCCCCCC(=O)OCC(COP(=O)(O)OCC[N+](C)(C)C)OC(=O)CCCCCC/C=C\C/C=C\C/C=C\C/C=C\C/C=C\C/C=C\C/C=C\C/C=C\C/C=C\C/C=C\C/C=C\C/C=C\CC. The summed E-state index contributed by atoms with van der Waals surface area (Å²) < 4.78 is 34.7. The Bertz CT molecular complexity index is 2900. The molecule has 10 heteroatoms. The highest BCUT2D eigenvalue weighted by Crippen LogP contribution is 2.43. The van der Waals surface area contributed by atoms with Crippen molar-refractivity contribution in [1.29, 1.82) is 0 Å². The fourth-order valence-corrected chi connectivity index (χ4v) is 10.3. The van der Waals surface area contributed by atoms with Gasteiger partial charge in [-0.25, -0.2) is 4.57 Å². The van der Waals surface area contributed by atoms with E-state index in [9.17, 15) is 19.0 Å². The number of quaternary nitrogens is 1. The van der Waals surface area contributed by atoms with Crippen molar-refractivity contribution in [2.45, 2.75) is 251 Å². The largest absolute Gasteiger partial charge is 0.472 e. The normalized spacial score (nSPS) is 14.6. The highest BCUT2D eigenvalue weighted by Gasteiger charge is 2.27. The zero-order valence-corrected chi connectivity index (χ0v) is 67.7. The summed E-state index contributed by atoms with van der Waals surface area (Å²) in [6.45, 7) is 4.10. The van der Waals surface area contributed by atoms with E-state index in [1.807, 2.05) is 21.1 Å². The second-order valence-corrected chi connectivity index (χ2v) is 28.1. The summed E-state index contributed by atoms with van der Waals surface area (Å²) in [5.41, 5.74) is 0. The van der Waals surface area contributed by atoms with E-state index in [4.69, 9.17) is 18.5 Å². The Morgan fingerprint density at radius 2 is 0.509 bits per heavy atom. The first kappa shape index (κ1) is 98.8. The summed E-state index contributed by atoms with van der Waals surface area (Å²) in [5, 5.41) is 0. The highest BCUT2D eigenvalue weighted by molar-refractivity contribution is 7.47. The van der Waals surface area contributed by atoms with Crippen molar-refractivity contribution in [3.8, 4) is 0 Å². The van der Waals surface area contributed by atoms with E-state index in [2.05, 4.69) is 305 Å². The number of ether oxygens (including phenoxy) is 2. The van der Waals surface area contributed by atoms with E-state index in [0.29, 0.717) is 23.9 Å². The van der Waals surface area contributed by atoms with Crippen LogP contribution in [-0.2, 0) is 32.7 Å². The number of allylic oxidation sites excluding steroid dienone is 48. The summed E-state index contributed by atoms with van der Waals surface area (Å²) in [6.07, 6.45) is 139. The first-order chi connectivity index (χ1) is 52.0. The molecule has 0 saturated heterocycles. The van der Waals surface area contributed by atoms with E-state index >= 15 is 0 Å². The van der Waals surface area contributed by atoms with Crippen LogP contribution in [0.15, 0.2) is 292 Å². The van der Waals surface area contributed by atoms with Crippen molar-refractivity contribution < 1.29 is 42.1 Å². The molecule has 0 saturated carbocycles. The minimum absolute atomic E-state index is 0.00531. The predicted octanol–water partition coefficient (Wildman–Crippen LogP) is 27.7. The lowest BCUT2D eigenvalue weighted by Gasteiger charge is -2.24. The van der Waals surface area contributed by atoms with Gasteiger partial charge in [0.15, 0.2) is 6.10 Å². The average Bonchev–Trinajstić information content (AvgIpc) is 0.951. The van der Waals surface area contributed by atoms with E-state index in [1.54, 1.807) is 0 Å². The standard InChI is InChI=1S/C96H144NO8P/c1-6-8-10-12-14-16-18-20-22-24-26-28-30-32-34-36-38-40-42-44-46-48-50-52-54-56-58-60-62-64-66-68-70-72-74-76-78-80-82-84-86-88-95(98)102-92-94(93-104-106(100,101)103-91-90-97(3,4)5)105-96(99)89-87-85-83-81-79-77-75-73-71-69-67-65-63-61-59-57-55-53-51-49-47-45-43-41-39-37-35-33-31-29-27-25-23-21-19-17-15-13-11-9-7-2/h8-11,14-17,20-23,26-29,32-35,38-41,44-47,50-53,56-59,62-65,68-71,74-77,94H,6-7,12-13,18-19,24-25,30-31,36-37,42-43,48-49,54-55,60-61,66-67,72-73,78-93H2,1-5H3/p+1/b10-8-,11-9-,16-14-,17-15-,22-20-,23-21-,28-26-,29-27-,34-32-,35-33-,40-38-,41-39-,46-44-,47-45-,52-50-,53-51-,58-56-,59-57-,64-62-,65-63-,70-68-,71-69-,76-74-,77-75-. The van der Waals surface area contributed by atoms with Gasteiger partial charge in [0.2, 0.25) is 0 Å². The van der Waals surface area contributed by atoms with Crippen LogP contribution in [0.2, 0.25) is 0 Å². The molecular formula is C96H145NO8P+. The fraction of sp³-hybridized carbons (Fsp3) is 0.479. The van der Waals surface area contributed by atoms with Crippen LogP contribution in [0.5, 0.6) is 0 Å². The number of phosphoric ester groups is 1. The molecule has 0 radical (unpaired) electrons. The molecule has 0 amide bonds. The number of hydrogen-bond acceptors (Lipinski definition) is 7. The molecule has 0 aliphatic carbocycles. The zero-order chi connectivity index (χ0) is 76.8. The van der Waals surface area contributed by atoms with Gasteiger partial charge in [0.05, 0.1) is 27.7 Å². The Morgan fingerprint density at radius 1 is 0.292 bits per heavy atom. The minimum atomic E-state index is -4.43. The van der Waals surface area contributed by atoms with Crippen molar-refractivity contribution >= 4 is 19.8 Å². The Hall–Kier alpha value is -7.23. The van der Waals surface area contributed by atoms with Gasteiger partial charge in [0.1, 0.15) is 19.8 Å². The number of rotatable bonds is 70. The third kappa shape index (κ3) is 85.7. The molecule has 106 heavy (non-hydrogen) atoms. The third-order valence-corrected chi connectivity index (χ3v) is 16.6. The van der Waals surface area contributed by atoms with Crippen LogP contribution in [0.25, 0.3) is 0 Å². The van der Waals surface area contributed by atoms with Crippen LogP contribution in [0, 0.1) is 0 Å². The van der Waals surface area contributed by atoms with Crippen LogP contribution < -0.4 is 0 Å². The number of esters is 2. The van der Waals surface area contributed by atoms with Gasteiger partial charge >= 0.3 is 19.8 Å². The number of unbranched alkanes of at least 4 members (excludes halogenated alkanes) is 8. The van der Waals surface area contributed by atoms with Crippen LogP contribution in [0.1, 0.15) is 245 Å². The molecule has 586 valence electrons. The highest BCUT2D eigenvalue weighted by atomic mass is 31.2. The van der Waals surface area contributed by atoms with Crippen LogP contribution >= 0.6 is 7.82 Å². The van der Waals surface area contributed by atoms with Crippen molar-refractivity contribution in [2.75, 3.05) is 47.5 Å². The van der Waals surface area contributed by atoms with Gasteiger partial charge in [0.25, 0.3) is 0 Å². The van der Waals surface area contributed by atoms with Gasteiger partial charge in [-0.1, -0.05) is 331 Å². The number of phosphoric acid groups is 1. The number of hydrogen-bond donors (Lipinski definition) is 1. The van der Waals surface area contributed by atoms with Crippen molar-refractivity contribution in [3.05, 3.63) is 292 Å². The topological polar surface area (TPSA) is 108 Å². The maximum Gasteiger partial charge on any atom is 0.472 e. The van der Waals surface area contributed by atoms with Gasteiger partial charge in [-0.2, -0.15) is 0 Å². The molecular weight excluding hydrogens is 1330 g/mol. The van der Waals surface area contributed by atoms with Gasteiger partial charge in [-0.15, -0.1) is 0 Å². The maximum atomic E-state index is 12.9. The van der Waals surface area contributed by atoms with Crippen LogP contribution in [0.3, 0.4) is 0 Å². The zero-order valence-electron chi connectivity index (χ0n) is 66.8. The molecule has 9 nitrogen and oxygen atoms in total. The Balaban J connectivity index is 4.23. The van der Waals surface area contributed by atoms with Crippen LogP contribution in [0.4, 0.5) is 0 Å². The van der Waals surface area contributed by atoms with Gasteiger partial charge in [-0.05, 0) is 193 Å². The average molecular weight is 1470 g/mol. The van der Waals surface area contributed by atoms with Crippen LogP contribution in [-0.4, -0.2) is 74.9 Å². The Kier molecular flexibility index (Phi) is 76.3. The molecule has 0 aliphatic heterocycles. The number of carbonyl (C=O) groups excluding carboxylic acids is 2. The molecule has 0 aliphatic rings. The molecule has 0 fully saturated rings. The predicted molar refractivity (Wildman–Crippen MR) is 462 cm³/mol. The van der Waals surface area contributed by atoms with Gasteiger partial charge in [0, 0.05) is 12.8 Å². The minimum Gasteiger partial charge on any atom is -0.462 e. The summed E-state index contributed by atoms with van der Waals surface area (Å²) in [4.78, 5) is 36.0. The second-order valence-electron chi connectivity index (χ2n) is 26.6. The fourth-order valence-electron chi connectivity index (χ4n) is 9.57. The van der Waals surface area contributed by atoms with Gasteiger partial charge in [-0.3, -0.25) is 18.6 Å². The number of carbonyl (C=O) groups is 2. The van der Waals surface area contributed by atoms with E-state index < -0.39 is 32.5 Å². The maximum absolute atomic E-state index is 12.9. The molecule has 2 unspecified atom stereocenters. The lowest BCUT2D eigenvalue weighted by molar-refractivity contribution is -0.870. The summed E-state index contributed by atoms with van der Waals surface area (Å²) in [5.74, 6) is -0.881. The number of likely N-dealkylation sites (N-methyl/N-ethyl adjacent to an activating group) is 1. The Labute approximate surface area is 648 Å². The molecule has 0 bridgehead atoms. The Morgan fingerprint density at radius 3 is 0.745 bits per heavy atom. The molecule has 0 aromatic rings. The summed E-state index contributed by atoms with van der Waals surface area (Å²) in [6, 6.07) is 0. The monoisotopic (exact) mass is 1470 g/mol. The van der Waals surface area contributed by atoms with E-state index in [-0.39, 0.29) is 26.1 Å². The van der Waals surface area contributed by atoms with Crippen molar-refractivity contribution in [3.63, 3.8) is 0 Å². The molecule has 0 rings (SSSR count). The van der Waals surface area contributed by atoms with E-state index in [1.165, 1.54) is 0 Å². The first-order valence-electron chi connectivity index (χ1n) is 40.4. The van der Waals surface area contributed by atoms with Crippen molar-refractivity contribution in [2.24, 2.45) is 0 Å². The summed E-state index contributed by atoms with van der Waals surface area (Å²) in [7, 11) is 1.40. The molecule has 0 heterocycles. The lowest BCUT2D eigenvalue weighted by atomic mass is 10.1. The molecule has 2 atom stereocenters. The quantitative estimate of drug-likeness (QED) is 0.0211. The smallest absolute Gasteiger partial charge is 0.462 e. The molecule has 0 aromatic carbocycles. The second kappa shape index (κ2) is 81.8. The summed E-state index contributed by atoms with van der Waals surface area (Å²) >= 11 is 0. The van der Waals surface area contributed by atoms with E-state index in [0.717, 1.165) is 205 Å². The molecule has 1 N–H and O–H groups in total. The molecule has 0 aromatic heterocycles. The lowest BCUT2D eigenvalue weighted by Crippen LogP contribution is -2.37. The van der Waals surface area contributed by atoms with Gasteiger partial charge < -0.3 is 18.9 Å². The third-order valence-electron chi connectivity index (χ3n) is 15.6. The number of nitrogens with zero attached hydrogens (tertiary/aromatic N) is 1. The first-order valence-corrected chi connectivity index (χ1v) is 41.9. The van der Waals surface area contributed by atoms with Crippen molar-refractivity contribution in [1.82, 2.24) is 0 Å².